The molecule has 0 aliphatic heterocycles. The Bertz CT molecular complexity index is 1080. The maximum Gasteiger partial charge on any atom is 0.407 e. The second-order valence-corrected chi connectivity index (χ2v) is 8.76. The summed E-state index contributed by atoms with van der Waals surface area (Å²) in [6.07, 6.45) is 1.69. The number of amides is 2. The number of ether oxygens (including phenoxy) is 1. The standard InChI is InChI=1S/C26H27N3O5/c27-14-16-7-1-6-12-22(16)28-25(32)23(13-24(30)31)29-26(33)34-15-21-19-10-4-2-8-17(19)18-9-3-5-11-20(18)21/h2-5,8-11,16,21-23H,1,6-7,12-13,15H2,(H,28,32)(H,29,33)(H,30,31). The number of benzene rings is 2. The first-order chi connectivity index (χ1) is 16.5. The lowest BCUT2D eigenvalue weighted by molar-refractivity contribution is -0.140. The zero-order valence-electron chi connectivity index (χ0n) is 18.7. The molecule has 8 nitrogen and oxygen atoms in total. The predicted octanol–water partition coefficient (Wildman–Crippen LogP) is 3.57. The number of carbonyl (C=O) groups is 3. The average molecular weight is 462 g/mol. The Morgan fingerprint density at radius 3 is 2.26 bits per heavy atom. The van der Waals surface area contributed by atoms with E-state index in [1.165, 1.54) is 0 Å². The molecule has 2 aromatic carbocycles. The number of nitrogens with zero attached hydrogens (tertiary/aromatic N) is 1. The summed E-state index contributed by atoms with van der Waals surface area (Å²) in [4.78, 5) is 36.7. The summed E-state index contributed by atoms with van der Waals surface area (Å²) >= 11 is 0. The van der Waals surface area contributed by atoms with Crippen LogP contribution in [0.2, 0.25) is 0 Å². The lowest BCUT2D eigenvalue weighted by Gasteiger charge is -2.29. The molecule has 0 aromatic heterocycles. The molecule has 176 valence electrons. The second-order valence-electron chi connectivity index (χ2n) is 8.76. The highest BCUT2D eigenvalue weighted by atomic mass is 16.5. The number of rotatable bonds is 7. The Morgan fingerprint density at radius 2 is 1.65 bits per heavy atom. The summed E-state index contributed by atoms with van der Waals surface area (Å²) in [6, 6.07) is 16.4. The van der Waals surface area contributed by atoms with Crippen LogP contribution < -0.4 is 10.6 Å². The Kier molecular flexibility index (Phi) is 7.12. The highest BCUT2D eigenvalue weighted by molar-refractivity contribution is 5.89. The van der Waals surface area contributed by atoms with E-state index < -0.39 is 30.4 Å². The molecule has 8 heteroatoms. The van der Waals surface area contributed by atoms with Crippen LogP contribution in [-0.2, 0) is 14.3 Å². The van der Waals surface area contributed by atoms with Gasteiger partial charge in [0.15, 0.2) is 0 Å². The van der Waals surface area contributed by atoms with Gasteiger partial charge in [-0.05, 0) is 35.1 Å². The SMILES string of the molecule is N#CC1CCCCC1NC(=O)C(CC(=O)O)NC(=O)OCC1c2ccccc2-c2ccccc21. The van der Waals surface area contributed by atoms with Crippen molar-refractivity contribution in [3.8, 4) is 17.2 Å². The summed E-state index contributed by atoms with van der Waals surface area (Å²) in [5.41, 5.74) is 4.29. The van der Waals surface area contributed by atoms with Crippen LogP contribution in [0.5, 0.6) is 0 Å². The number of carbonyl (C=O) groups excluding carboxylic acids is 2. The van der Waals surface area contributed by atoms with Gasteiger partial charge in [-0.1, -0.05) is 61.4 Å². The van der Waals surface area contributed by atoms with Crippen molar-refractivity contribution in [1.82, 2.24) is 10.6 Å². The van der Waals surface area contributed by atoms with Crippen LogP contribution in [0.4, 0.5) is 4.79 Å². The summed E-state index contributed by atoms with van der Waals surface area (Å²) < 4.78 is 5.46. The van der Waals surface area contributed by atoms with Gasteiger partial charge < -0.3 is 20.5 Å². The van der Waals surface area contributed by atoms with Crippen molar-refractivity contribution in [1.29, 1.82) is 5.26 Å². The van der Waals surface area contributed by atoms with E-state index in [0.29, 0.717) is 12.8 Å². The topological polar surface area (TPSA) is 129 Å². The maximum absolute atomic E-state index is 12.8. The first kappa shape index (κ1) is 23.3. The van der Waals surface area contributed by atoms with E-state index in [4.69, 9.17) is 4.74 Å². The minimum atomic E-state index is -1.30. The predicted molar refractivity (Wildman–Crippen MR) is 124 cm³/mol. The van der Waals surface area contributed by atoms with Crippen LogP contribution in [0.15, 0.2) is 48.5 Å². The maximum atomic E-state index is 12.8. The molecule has 2 aliphatic rings. The van der Waals surface area contributed by atoms with E-state index in [9.17, 15) is 24.8 Å². The van der Waals surface area contributed by atoms with Gasteiger partial charge in [-0.25, -0.2) is 4.79 Å². The lowest BCUT2D eigenvalue weighted by atomic mass is 9.85. The van der Waals surface area contributed by atoms with E-state index in [2.05, 4.69) is 16.7 Å². The van der Waals surface area contributed by atoms with E-state index in [-0.39, 0.29) is 24.5 Å². The summed E-state index contributed by atoms with van der Waals surface area (Å²) in [7, 11) is 0. The Balaban J connectivity index is 1.40. The number of aliphatic carboxylic acids is 1. The van der Waals surface area contributed by atoms with Crippen LogP contribution in [0.25, 0.3) is 11.1 Å². The molecule has 3 unspecified atom stereocenters. The number of carboxylic acids is 1. The molecule has 3 N–H and O–H groups in total. The number of hydrogen-bond acceptors (Lipinski definition) is 5. The highest BCUT2D eigenvalue weighted by Crippen LogP contribution is 2.44. The monoisotopic (exact) mass is 461 g/mol. The van der Waals surface area contributed by atoms with Crippen LogP contribution in [0.3, 0.4) is 0 Å². The number of hydrogen-bond donors (Lipinski definition) is 3. The minimum absolute atomic E-state index is 0.0560. The normalized spacial score (nSPS) is 19.7. The zero-order chi connectivity index (χ0) is 24.1. The van der Waals surface area contributed by atoms with E-state index in [1.54, 1.807) is 0 Å². The van der Waals surface area contributed by atoms with Gasteiger partial charge in [0, 0.05) is 12.0 Å². The van der Waals surface area contributed by atoms with Crippen LogP contribution >= 0.6 is 0 Å². The van der Waals surface area contributed by atoms with Gasteiger partial charge in [-0.2, -0.15) is 5.26 Å². The van der Waals surface area contributed by atoms with E-state index in [0.717, 1.165) is 35.1 Å². The van der Waals surface area contributed by atoms with Gasteiger partial charge in [0.1, 0.15) is 12.6 Å². The largest absolute Gasteiger partial charge is 0.481 e. The quantitative estimate of drug-likeness (QED) is 0.578. The van der Waals surface area contributed by atoms with Crippen LogP contribution in [0.1, 0.15) is 49.1 Å². The van der Waals surface area contributed by atoms with E-state index >= 15 is 0 Å². The summed E-state index contributed by atoms with van der Waals surface area (Å²) in [5.74, 6) is -2.32. The number of alkyl carbamates (subject to hydrolysis) is 1. The number of fused-ring (bicyclic) bond motifs is 3. The molecule has 34 heavy (non-hydrogen) atoms. The van der Waals surface area contributed by atoms with Crippen molar-refractivity contribution in [2.24, 2.45) is 5.92 Å². The van der Waals surface area contributed by atoms with Crippen molar-refractivity contribution in [2.45, 2.75) is 50.1 Å². The number of nitriles is 1. The molecule has 2 aromatic rings. The first-order valence-electron chi connectivity index (χ1n) is 11.5. The molecular weight excluding hydrogens is 434 g/mol. The third-order valence-corrected chi connectivity index (χ3v) is 6.59. The second kappa shape index (κ2) is 10.4. The fourth-order valence-corrected chi connectivity index (χ4v) is 4.91. The third-order valence-electron chi connectivity index (χ3n) is 6.59. The van der Waals surface area contributed by atoms with Gasteiger partial charge in [-0.3, -0.25) is 9.59 Å². The molecular formula is C26H27N3O5. The van der Waals surface area contributed by atoms with Crippen molar-refractivity contribution < 1.29 is 24.2 Å². The van der Waals surface area contributed by atoms with Crippen molar-refractivity contribution in [2.75, 3.05) is 6.61 Å². The molecule has 3 atom stereocenters. The fourth-order valence-electron chi connectivity index (χ4n) is 4.91. The van der Waals surface area contributed by atoms with Crippen LogP contribution in [0, 0.1) is 17.2 Å². The first-order valence-corrected chi connectivity index (χ1v) is 11.5. The highest BCUT2D eigenvalue weighted by Gasteiger charge is 2.32. The number of nitrogens with one attached hydrogen (secondary N) is 2. The molecule has 1 fully saturated rings. The van der Waals surface area contributed by atoms with Gasteiger partial charge in [0.25, 0.3) is 0 Å². The Hall–Kier alpha value is -3.86. The molecule has 4 rings (SSSR count). The molecule has 2 aliphatic carbocycles. The third kappa shape index (κ3) is 5.04. The van der Waals surface area contributed by atoms with Crippen LogP contribution in [-0.4, -0.2) is 41.8 Å². The fraction of sp³-hybridized carbons (Fsp3) is 0.385. The van der Waals surface area contributed by atoms with Gasteiger partial charge in [-0.15, -0.1) is 0 Å². The Morgan fingerprint density at radius 1 is 1.03 bits per heavy atom. The Labute approximate surface area is 197 Å². The average Bonchev–Trinajstić information content (AvgIpc) is 3.16. The molecule has 0 heterocycles. The van der Waals surface area contributed by atoms with Crippen molar-refractivity contribution in [3.05, 3.63) is 59.7 Å². The van der Waals surface area contributed by atoms with Gasteiger partial charge >= 0.3 is 12.1 Å². The lowest BCUT2D eigenvalue weighted by Crippen LogP contribution is -2.52. The van der Waals surface area contributed by atoms with Gasteiger partial charge in [0.2, 0.25) is 5.91 Å². The minimum Gasteiger partial charge on any atom is -0.481 e. The smallest absolute Gasteiger partial charge is 0.407 e. The van der Waals surface area contributed by atoms with Crippen molar-refractivity contribution in [3.63, 3.8) is 0 Å². The molecule has 2 amide bonds. The molecule has 0 spiro atoms. The zero-order valence-corrected chi connectivity index (χ0v) is 18.7. The molecule has 1 saturated carbocycles. The summed E-state index contributed by atoms with van der Waals surface area (Å²) in [6.45, 7) is 0.0560. The number of carboxylic acid groups (broad SMARTS) is 1. The summed E-state index contributed by atoms with van der Waals surface area (Å²) in [5, 5.41) is 23.7. The molecule has 0 bridgehead atoms. The van der Waals surface area contributed by atoms with Crippen molar-refractivity contribution >= 4 is 18.0 Å². The molecule has 0 saturated heterocycles. The van der Waals surface area contributed by atoms with Gasteiger partial charge in [0.05, 0.1) is 18.4 Å². The molecule has 0 radical (unpaired) electrons. The van der Waals surface area contributed by atoms with E-state index in [1.807, 2.05) is 48.5 Å².